The summed E-state index contributed by atoms with van der Waals surface area (Å²) in [6.45, 7) is 3.90. The van der Waals surface area contributed by atoms with Crippen LogP contribution in [0.4, 0.5) is 10.1 Å². The van der Waals surface area contributed by atoms with Gasteiger partial charge in [-0.1, -0.05) is 18.2 Å². The SMILES string of the molecule is O=C1CCC(N2C(=O)c3cccc(NCc4ccc(CN5CCCOCC5)cc4F)c3C2=O)C(=O)N1. The van der Waals surface area contributed by atoms with Gasteiger partial charge in [0.2, 0.25) is 11.8 Å². The second-order valence-electron chi connectivity index (χ2n) is 9.20. The second-order valence-corrected chi connectivity index (χ2v) is 9.20. The predicted octanol–water partition coefficient (Wildman–Crippen LogP) is 2.06. The first-order valence-electron chi connectivity index (χ1n) is 12.1. The first kappa shape index (κ1) is 24.1. The molecule has 2 aromatic carbocycles. The molecule has 5 rings (SSSR count). The molecule has 0 aliphatic carbocycles. The van der Waals surface area contributed by atoms with Crippen LogP contribution in [0, 0.1) is 5.82 Å². The number of nitrogens with zero attached hydrogens (tertiary/aromatic N) is 2. The van der Waals surface area contributed by atoms with Gasteiger partial charge in [0.15, 0.2) is 0 Å². The van der Waals surface area contributed by atoms with E-state index < -0.39 is 29.7 Å². The van der Waals surface area contributed by atoms with Crippen molar-refractivity contribution in [1.29, 1.82) is 0 Å². The number of carbonyl (C=O) groups excluding carboxylic acids is 4. The zero-order valence-corrected chi connectivity index (χ0v) is 19.7. The van der Waals surface area contributed by atoms with Crippen molar-refractivity contribution >= 4 is 29.3 Å². The number of nitrogens with one attached hydrogen (secondary N) is 2. The Morgan fingerprint density at radius 3 is 2.72 bits per heavy atom. The lowest BCUT2D eigenvalue weighted by molar-refractivity contribution is -0.136. The Morgan fingerprint density at radius 1 is 1.06 bits per heavy atom. The first-order valence-corrected chi connectivity index (χ1v) is 12.1. The molecular formula is C26H27FN4O5. The minimum Gasteiger partial charge on any atom is -0.380 e. The highest BCUT2D eigenvalue weighted by molar-refractivity contribution is 6.25. The third kappa shape index (κ3) is 4.74. The monoisotopic (exact) mass is 494 g/mol. The van der Waals surface area contributed by atoms with E-state index in [0.29, 0.717) is 24.4 Å². The lowest BCUT2D eigenvalue weighted by Crippen LogP contribution is -2.54. The molecule has 2 saturated heterocycles. The highest BCUT2D eigenvalue weighted by Gasteiger charge is 2.45. The van der Waals surface area contributed by atoms with Gasteiger partial charge in [0.1, 0.15) is 11.9 Å². The standard InChI is InChI=1S/C26H27FN4O5/c27-19-13-16(15-30-9-2-11-36-12-10-30)5-6-17(19)14-28-20-4-1-3-18-23(20)26(35)31(25(18)34)21-7-8-22(32)29-24(21)33/h1,3-6,13,21,28H,2,7-12,14-15H2,(H,29,32,33). The molecule has 1 unspecified atom stereocenters. The lowest BCUT2D eigenvalue weighted by atomic mass is 10.0. The summed E-state index contributed by atoms with van der Waals surface area (Å²) >= 11 is 0. The Balaban J connectivity index is 1.29. The van der Waals surface area contributed by atoms with Gasteiger partial charge in [-0.15, -0.1) is 0 Å². The lowest BCUT2D eigenvalue weighted by Gasteiger charge is -2.27. The summed E-state index contributed by atoms with van der Waals surface area (Å²) in [5.74, 6) is -2.63. The molecule has 2 aromatic rings. The molecule has 36 heavy (non-hydrogen) atoms. The number of piperidine rings is 1. The molecule has 0 saturated carbocycles. The number of ether oxygens (including phenoxy) is 1. The van der Waals surface area contributed by atoms with Crippen molar-refractivity contribution in [3.05, 3.63) is 64.5 Å². The van der Waals surface area contributed by atoms with E-state index in [1.54, 1.807) is 18.2 Å². The van der Waals surface area contributed by atoms with Gasteiger partial charge in [-0.25, -0.2) is 4.39 Å². The van der Waals surface area contributed by atoms with Crippen molar-refractivity contribution in [2.45, 2.75) is 38.4 Å². The number of hydrogen-bond acceptors (Lipinski definition) is 7. The minimum atomic E-state index is -1.04. The molecule has 3 aliphatic heterocycles. The van der Waals surface area contributed by atoms with Gasteiger partial charge in [0.25, 0.3) is 11.8 Å². The molecule has 0 spiro atoms. The van der Waals surface area contributed by atoms with Crippen LogP contribution >= 0.6 is 0 Å². The summed E-state index contributed by atoms with van der Waals surface area (Å²) in [6, 6.07) is 8.89. The molecule has 2 fully saturated rings. The number of imide groups is 2. The largest absolute Gasteiger partial charge is 0.380 e. The topological polar surface area (TPSA) is 108 Å². The highest BCUT2D eigenvalue weighted by Crippen LogP contribution is 2.32. The van der Waals surface area contributed by atoms with Crippen LogP contribution in [0.15, 0.2) is 36.4 Å². The van der Waals surface area contributed by atoms with Crippen LogP contribution in [-0.2, 0) is 27.4 Å². The Labute approximate surface area is 207 Å². The predicted molar refractivity (Wildman–Crippen MR) is 128 cm³/mol. The van der Waals surface area contributed by atoms with E-state index in [1.165, 1.54) is 12.1 Å². The Kier molecular flexibility index (Phi) is 6.80. The van der Waals surface area contributed by atoms with Crippen LogP contribution in [-0.4, -0.2) is 65.8 Å². The molecule has 4 amide bonds. The Hall–Kier alpha value is -3.63. The van der Waals surface area contributed by atoms with Crippen LogP contribution in [0.2, 0.25) is 0 Å². The number of fused-ring (bicyclic) bond motifs is 1. The third-order valence-electron chi connectivity index (χ3n) is 6.78. The summed E-state index contributed by atoms with van der Waals surface area (Å²) in [6.07, 6.45) is 1.09. The van der Waals surface area contributed by atoms with Crippen LogP contribution in [0.3, 0.4) is 0 Å². The van der Waals surface area contributed by atoms with Crippen LogP contribution in [0.25, 0.3) is 0 Å². The van der Waals surface area contributed by atoms with Crippen molar-refractivity contribution in [3.8, 4) is 0 Å². The summed E-state index contributed by atoms with van der Waals surface area (Å²) in [4.78, 5) is 53.1. The van der Waals surface area contributed by atoms with E-state index in [-0.39, 0.29) is 36.3 Å². The second kappa shape index (κ2) is 10.2. The molecule has 3 heterocycles. The fraction of sp³-hybridized carbons (Fsp3) is 0.385. The number of benzene rings is 2. The maximum atomic E-state index is 14.9. The van der Waals surface area contributed by atoms with Crippen molar-refractivity contribution in [1.82, 2.24) is 15.1 Å². The van der Waals surface area contributed by atoms with Crippen LogP contribution in [0.1, 0.15) is 51.1 Å². The minimum absolute atomic E-state index is 0.0513. The number of rotatable bonds is 6. The summed E-state index contributed by atoms with van der Waals surface area (Å²) < 4.78 is 20.4. The molecule has 0 radical (unpaired) electrons. The number of halogens is 1. The molecule has 10 heteroatoms. The van der Waals surface area contributed by atoms with Gasteiger partial charge in [-0.05, 0) is 36.6 Å². The zero-order valence-electron chi connectivity index (χ0n) is 19.7. The van der Waals surface area contributed by atoms with Crippen LogP contribution in [0.5, 0.6) is 0 Å². The molecule has 0 bridgehead atoms. The molecule has 9 nitrogen and oxygen atoms in total. The average Bonchev–Trinajstić information content (AvgIpc) is 3.00. The van der Waals surface area contributed by atoms with E-state index in [4.69, 9.17) is 4.74 Å². The van der Waals surface area contributed by atoms with Gasteiger partial charge in [0, 0.05) is 50.5 Å². The fourth-order valence-corrected chi connectivity index (χ4v) is 4.90. The maximum absolute atomic E-state index is 14.9. The van der Waals surface area contributed by atoms with Gasteiger partial charge in [0.05, 0.1) is 17.7 Å². The van der Waals surface area contributed by atoms with Crippen molar-refractivity contribution in [2.24, 2.45) is 0 Å². The van der Waals surface area contributed by atoms with Gasteiger partial charge >= 0.3 is 0 Å². The molecule has 188 valence electrons. The zero-order chi connectivity index (χ0) is 25.2. The van der Waals surface area contributed by atoms with Crippen molar-refractivity contribution in [2.75, 3.05) is 31.6 Å². The average molecular weight is 495 g/mol. The van der Waals surface area contributed by atoms with Gasteiger partial charge < -0.3 is 10.1 Å². The summed E-state index contributed by atoms with van der Waals surface area (Å²) in [5, 5.41) is 5.27. The number of hydrogen-bond donors (Lipinski definition) is 2. The third-order valence-corrected chi connectivity index (χ3v) is 6.78. The normalized spacial score (nSPS) is 20.8. The van der Waals surface area contributed by atoms with E-state index >= 15 is 0 Å². The van der Waals surface area contributed by atoms with Crippen molar-refractivity contribution in [3.63, 3.8) is 0 Å². The van der Waals surface area contributed by atoms with E-state index in [2.05, 4.69) is 15.5 Å². The summed E-state index contributed by atoms with van der Waals surface area (Å²) in [7, 11) is 0. The quantitative estimate of drug-likeness (QED) is 0.592. The number of anilines is 1. The Bertz CT molecular complexity index is 1220. The number of amides is 4. The fourth-order valence-electron chi connectivity index (χ4n) is 4.90. The molecular weight excluding hydrogens is 467 g/mol. The first-order chi connectivity index (χ1) is 17.4. The van der Waals surface area contributed by atoms with E-state index in [0.717, 1.165) is 36.6 Å². The molecule has 1 atom stereocenters. The van der Waals surface area contributed by atoms with E-state index in [1.807, 2.05) is 6.07 Å². The summed E-state index contributed by atoms with van der Waals surface area (Å²) in [5.41, 5.74) is 2.00. The number of carbonyl (C=O) groups is 4. The van der Waals surface area contributed by atoms with Gasteiger partial charge in [-0.3, -0.25) is 34.3 Å². The molecule has 0 aromatic heterocycles. The smallest absolute Gasteiger partial charge is 0.264 e. The Morgan fingerprint density at radius 2 is 1.92 bits per heavy atom. The molecule has 2 N–H and O–H groups in total. The van der Waals surface area contributed by atoms with Crippen molar-refractivity contribution < 1.29 is 28.3 Å². The van der Waals surface area contributed by atoms with E-state index in [9.17, 15) is 23.6 Å². The molecule has 3 aliphatic rings. The highest BCUT2D eigenvalue weighted by atomic mass is 19.1. The van der Waals surface area contributed by atoms with Gasteiger partial charge in [-0.2, -0.15) is 0 Å². The van der Waals surface area contributed by atoms with Crippen LogP contribution < -0.4 is 10.6 Å². The maximum Gasteiger partial charge on any atom is 0.264 e.